The first-order valence-electron chi connectivity index (χ1n) is 13.1. The Morgan fingerprint density at radius 2 is 1.22 bits per heavy atom. The number of nitrogens with zero attached hydrogens (tertiary/aromatic N) is 3. The molecule has 0 saturated carbocycles. The van der Waals surface area contributed by atoms with Crippen molar-refractivity contribution in [2.45, 2.75) is 106 Å². The lowest BCUT2D eigenvalue weighted by Gasteiger charge is -2.33. The van der Waals surface area contributed by atoms with Crippen LogP contribution in [0.1, 0.15) is 81.6 Å². The summed E-state index contributed by atoms with van der Waals surface area (Å²) in [4.78, 5) is 7.03. The van der Waals surface area contributed by atoms with E-state index >= 15 is 0 Å². The standard InChI is InChI=1S/C8H17N.C7H15N.C5H13N.C4H11N.C3H9N/c1-7-4-5-9(3)8(2)6-7;1-6-4-7(2)8(3)5-6;1-5(2)6(3)4;1-4(2)5-3;1-3-4-2/h7-8H,4-6H2,1-3H3;6-7H,4-5H2,1-3H3;5H,1-4H3;4-5H,1-3H3;4H,3H2,1-2H3. The normalized spacial score (nSPS) is 25.7. The Morgan fingerprint density at radius 3 is 1.38 bits per heavy atom. The zero-order valence-corrected chi connectivity index (χ0v) is 25.0. The predicted octanol–water partition coefficient (Wildman–Crippen LogP) is 4.88. The van der Waals surface area contributed by atoms with Crippen LogP contribution in [0.3, 0.4) is 0 Å². The van der Waals surface area contributed by atoms with Crippen LogP contribution in [0.4, 0.5) is 0 Å². The monoisotopic (exact) mass is 460 g/mol. The first kappa shape index (κ1) is 36.4. The summed E-state index contributed by atoms with van der Waals surface area (Å²) >= 11 is 0. The second-order valence-corrected chi connectivity index (χ2v) is 10.8. The number of hydrogen-bond donors (Lipinski definition) is 2. The van der Waals surface area contributed by atoms with Crippen molar-refractivity contribution in [3.8, 4) is 0 Å². The molecule has 198 valence electrons. The maximum Gasteiger partial charge on any atom is 0.00670 e. The van der Waals surface area contributed by atoms with Gasteiger partial charge in [-0.15, -0.1) is 0 Å². The summed E-state index contributed by atoms with van der Waals surface area (Å²) in [6.07, 6.45) is 4.16. The van der Waals surface area contributed by atoms with Crippen molar-refractivity contribution in [1.82, 2.24) is 25.3 Å². The van der Waals surface area contributed by atoms with Gasteiger partial charge in [-0.1, -0.05) is 34.6 Å². The second-order valence-electron chi connectivity index (χ2n) is 10.8. The van der Waals surface area contributed by atoms with Crippen molar-refractivity contribution in [2.75, 3.05) is 61.9 Å². The van der Waals surface area contributed by atoms with Crippen molar-refractivity contribution < 1.29 is 0 Å². The third kappa shape index (κ3) is 24.4. The first-order valence-corrected chi connectivity index (χ1v) is 13.1. The van der Waals surface area contributed by atoms with Crippen LogP contribution in [0.15, 0.2) is 0 Å². The molecular weight excluding hydrogens is 394 g/mol. The first-order chi connectivity index (χ1) is 14.7. The molecule has 0 spiro atoms. The molecule has 0 bridgehead atoms. The van der Waals surface area contributed by atoms with Gasteiger partial charge in [-0.3, -0.25) is 0 Å². The third-order valence-electron chi connectivity index (χ3n) is 6.53. The Labute approximate surface area is 205 Å². The average Bonchev–Trinajstić information content (AvgIpc) is 3.01. The molecule has 2 fully saturated rings. The van der Waals surface area contributed by atoms with Gasteiger partial charge in [0.15, 0.2) is 0 Å². The summed E-state index contributed by atoms with van der Waals surface area (Å²) in [6.45, 7) is 23.6. The largest absolute Gasteiger partial charge is 0.320 e. The summed E-state index contributed by atoms with van der Waals surface area (Å²) in [5.41, 5.74) is 0. The van der Waals surface area contributed by atoms with Crippen molar-refractivity contribution >= 4 is 0 Å². The Kier molecular flexibility index (Phi) is 25.7. The van der Waals surface area contributed by atoms with E-state index in [-0.39, 0.29) is 0 Å². The van der Waals surface area contributed by atoms with Crippen LogP contribution >= 0.6 is 0 Å². The summed E-state index contributed by atoms with van der Waals surface area (Å²) in [7, 11) is 12.4. The fraction of sp³-hybridized carbons (Fsp3) is 1.00. The van der Waals surface area contributed by atoms with Crippen molar-refractivity contribution in [1.29, 1.82) is 0 Å². The van der Waals surface area contributed by atoms with Gasteiger partial charge in [0.2, 0.25) is 0 Å². The van der Waals surface area contributed by atoms with Gasteiger partial charge in [-0.2, -0.15) is 0 Å². The highest BCUT2D eigenvalue weighted by atomic mass is 15.1. The van der Waals surface area contributed by atoms with Crippen LogP contribution < -0.4 is 10.6 Å². The van der Waals surface area contributed by atoms with Crippen LogP contribution in [0, 0.1) is 11.8 Å². The van der Waals surface area contributed by atoms with Gasteiger partial charge in [0.05, 0.1) is 0 Å². The van der Waals surface area contributed by atoms with Crippen LogP contribution in [0.25, 0.3) is 0 Å². The molecule has 0 aromatic carbocycles. The minimum absolute atomic E-state index is 0.634. The van der Waals surface area contributed by atoms with Crippen molar-refractivity contribution in [2.24, 2.45) is 11.8 Å². The number of piperidine rings is 1. The number of likely N-dealkylation sites (tertiary alicyclic amines) is 2. The number of rotatable bonds is 3. The topological polar surface area (TPSA) is 33.8 Å². The van der Waals surface area contributed by atoms with Crippen LogP contribution in [0.5, 0.6) is 0 Å². The Hall–Kier alpha value is -0.200. The van der Waals surface area contributed by atoms with E-state index < -0.39 is 0 Å². The van der Waals surface area contributed by atoms with Gasteiger partial charge < -0.3 is 25.3 Å². The lowest BCUT2D eigenvalue weighted by molar-refractivity contribution is 0.162. The van der Waals surface area contributed by atoms with E-state index in [1.54, 1.807) is 0 Å². The number of hydrogen-bond acceptors (Lipinski definition) is 5. The molecular formula is C27H65N5. The van der Waals surface area contributed by atoms with E-state index in [4.69, 9.17) is 0 Å². The maximum atomic E-state index is 3.03. The van der Waals surface area contributed by atoms with Gasteiger partial charge >= 0.3 is 0 Å². The highest BCUT2D eigenvalue weighted by Gasteiger charge is 2.21. The third-order valence-corrected chi connectivity index (χ3v) is 6.53. The zero-order chi connectivity index (χ0) is 25.9. The fourth-order valence-corrected chi connectivity index (χ4v) is 3.03. The van der Waals surface area contributed by atoms with E-state index in [1.165, 1.54) is 32.4 Å². The molecule has 2 heterocycles. The van der Waals surface area contributed by atoms with E-state index in [1.807, 2.05) is 14.1 Å². The van der Waals surface area contributed by atoms with Crippen molar-refractivity contribution in [3.05, 3.63) is 0 Å². The molecule has 5 heteroatoms. The predicted molar refractivity (Wildman–Crippen MR) is 149 cm³/mol. The van der Waals surface area contributed by atoms with Crippen LogP contribution in [0.2, 0.25) is 0 Å². The molecule has 2 aliphatic rings. The molecule has 32 heavy (non-hydrogen) atoms. The molecule has 0 radical (unpaired) electrons. The van der Waals surface area contributed by atoms with Crippen molar-refractivity contribution in [3.63, 3.8) is 0 Å². The van der Waals surface area contributed by atoms with E-state index in [2.05, 4.69) is 116 Å². The molecule has 2 saturated heterocycles. The molecule has 0 aliphatic carbocycles. The minimum atomic E-state index is 0.634. The average molecular weight is 460 g/mol. The zero-order valence-electron chi connectivity index (χ0n) is 25.0. The van der Waals surface area contributed by atoms with Crippen LogP contribution in [-0.2, 0) is 0 Å². The lowest BCUT2D eigenvalue weighted by atomic mass is 9.94. The van der Waals surface area contributed by atoms with Crippen LogP contribution in [-0.4, -0.2) is 101 Å². The molecule has 2 aliphatic heterocycles. The molecule has 0 aromatic heterocycles. The molecule has 2 N–H and O–H groups in total. The van der Waals surface area contributed by atoms with E-state index in [0.717, 1.165) is 30.5 Å². The highest BCUT2D eigenvalue weighted by Crippen LogP contribution is 2.20. The Morgan fingerprint density at radius 1 is 0.844 bits per heavy atom. The Balaban J connectivity index is -0.000000340. The van der Waals surface area contributed by atoms with E-state index in [0.29, 0.717) is 12.1 Å². The molecule has 4 unspecified atom stereocenters. The maximum absolute atomic E-state index is 3.03. The van der Waals surface area contributed by atoms with E-state index in [9.17, 15) is 0 Å². The lowest BCUT2D eigenvalue weighted by Crippen LogP contribution is -2.36. The SMILES string of the molecule is CC(C)N(C)C.CC1CC(C)N(C)C1.CC1CCN(C)C(C)C1.CCNC.CNC(C)C. The fourth-order valence-electron chi connectivity index (χ4n) is 3.03. The van der Waals surface area contributed by atoms with Gasteiger partial charge in [-0.25, -0.2) is 0 Å². The summed E-state index contributed by atoms with van der Waals surface area (Å²) in [6, 6.07) is 2.96. The molecule has 2 rings (SSSR count). The minimum Gasteiger partial charge on any atom is -0.320 e. The van der Waals surface area contributed by atoms with Gasteiger partial charge in [0.25, 0.3) is 0 Å². The smallest absolute Gasteiger partial charge is 0.00670 e. The summed E-state index contributed by atoms with van der Waals surface area (Å²) in [5, 5.41) is 5.96. The number of nitrogens with one attached hydrogen (secondary N) is 2. The molecule has 0 amide bonds. The quantitative estimate of drug-likeness (QED) is 0.629. The van der Waals surface area contributed by atoms with Gasteiger partial charge in [0.1, 0.15) is 0 Å². The Bertz CT molecular complexity index is 355. The summed E-state index contributed by atoms with van der Waals surface area (Å²) < 4.78 is 0. The summed E-state index contributed by atoms with van der Waals surface area (Å²) in [5.74, 6) is 1.88. The molecule has 5 nitrogen and oxygen atoms in total. The molecule has 0 aromatic rings. The van der Waals surface area contributed by atoms with Gasteiger partial charge in [-0.05, 0) is 114 Å². The van der Waals surface area contributed by atoms with Gasteiger partial charge in [0, 0.05) is 30.7 Å². The second kappa shape index (κ2) is 22.6. The molecule has 4 atom stereocenters. The highest BCUT2D eigenvalue weighted by molar-refractivity contribution is 4.76.